The summed E-state index contributed by atoms with van der Waals surface area (Å²) in [4.78, 5) is 11.3. The van der Waals surface area contributed by atoms with E-state index in [2.05, 4.69) is 22.3 Å². The molecule has 0 aliphatic rings. The predicted octanol–water partition coefficient (Wildman–Crippen LogP) is 1.54. The number of nitrogens with zero attached hydrogens (tertiary/aromatic N) is 2. The standard InChI is InChI=1S/C12H11N3O/c1-3-6-11(16)13-12-9-7-4-5-8-10(9)15(2)14-12/h4-5,7-8H,1-2H3,(H,13,14,16). The summed E-state index contributed by atoms with van der Waals surface area (Å²) in [6, 6.07) is 7.70. The normalized spacial score (nSPS) is 9.62. The van der Waals surface area contributed by atoms with Crippen molar-refractivity contribution < 1.29 is 4.79 Å². The first-order valence-electron chi connectivity index (χ1n) is 4.88. The smallest absolute Gasteiger partial charge is 0.298 e. The number of nitrogens with one attached hydrogen (secondary N) is 1. The van der Waals surface area contributed by atoms with E-state index in [-0.39, 0.29) is 5.91 Å². The van der Waals surface area contributed by atoms with Gasteiger partial charge in [-0.05, 0) is 25.0 Å². The minimum absolute atomic E-state index is 0.341. The molecule has 0 atom stereocenters. The second-order valence-corrected chi connectivity index (χ2v) is 3.32. The molecule has 0 unspecified atom stereocenters. The highest BCUT2D eigenvalue weighted by Gasteiger charge is 2.08. The molecule has 16 heavy (non-hydrogen) atoms. The molecule has 0 saturated heterocycles. The SMILES string of the molecule is CC#CC(=O)Nc1nn(C)c2ccccc12. The third-order valence-corrected chi connectivity index (χ3v) is 2.23. The maximum Gasteiger partial charge on any atom is 0.301 e. The number of hydrogen-bond donors (Lipinski definition) is 1. The lowest BCUT2D eigenvalue weighted by molar-refractivity contribution is -0.111. The lowest BCUT2D eigenvalue weighted by Crippen LogP contribution is -2.09. The van der Waals surface area contributed by atoms with Gasteiger partial charge < -0.3 is 0 Å². The first-order valence-corrected chi connectivity index (χ1v) is 4.88. The van der Waals surface area contributed by atoms with E-state index in [4.69, 9.17) is 0 Å². The van der Waals surface area contributed by atoms with Crippen molar-refractivity contribution in [2.75, 3.05) is 5.32 Å². The first-order chi connectivity index (χ1) is 7.72. The average Bonchev–Trinajstić information content (AvgIpc) is 2.57. The quantitative estimate of drug-likeness (QED) is 0.730. The van der Waals surface area contributed by atoms with Crippen molar-refractivity contribution in [3.05, 3.63) is 24.3 Å². The van der Waals surface area contributed by atoms with Crippen molar-refractivity contribution in [2.24, 2.45) is 7.05 Å². The Labute approximate surface area is 93.3 Å². The molecule has 1 N–H and O–H groups in total. The molecule has 1 amide bonds. The Hall–Kier alpha value is -2.28. The molecule has 2 aromatic rings. The number of amides is 1. The van der Waals surface area contributed by atoms with Crippen molar-refractivity contribution in [3.8, 4) is 11.8 Å². The second kappa shape index (κ2) is 4.07. The van der Waals surface area contributed by atoms with Crippen LogP contribution in [0.4, 0.5) is 5.82 Å². The minimum atomic E-state index is -0.341. The van der Waals surface area contributed by atoms with Gasteiger partial charge in [-0.25, -0.2) is 0 Å². The maximum atomic E-state index is 11.3. The largest absolute Gasteiger partial charge is 0.301 e. The van der Waals surface area contributed by atoms with E-state index in [0.29, 0.717) is 5.82 Å². The van der Waals surface area contributed by atoms with Gasteiger partial charge in [0.2, 0.25) is 0 Å². The topological polar surface area (TPSA) is 46.9 Å². The Morgan fingerprint density at radius 1 is 1.44 bits per heavy atom. The van der Waals surface area contributed by atoms with Gasteiger partial charge >= 0.3 is 5.91 Å². The van der Waals surface area contributed by atoms with Crippen molar-refractivity contribution in [1.82, 2.24) is 9.78 Å². The Balaban J connectivity index is 2.44. The van der Waals surface area contributed by atoms with E-state index in [9.17, 15) is 4.79 Å². The molecule has 1 aromatic carbocycles. The Morgan fingerprint density at radius 2 is 2.19 bits per heavy atom. The molecule has 80 valence electrons. The number of fused-ring (bicyclic) bond motifs is 1. The highest BCUT2D eigenvalue weighted by molar-refractivity contribution is 6.07. The Morgan fingerprint density at radius 3 is 2.94 bits per heavy atom. The zero-order valence-electron chi connectivity index (χ0n) is 9.11. The number of benzene rings is 1. The van der Waals surface area contributed by atoms with Crippen LogP contribution in [0.15, 0.2) is 24.3 Å². The highest BCUT2D eigenvalue weighted by Crippen LogP contribution is 2.21. The molecule has 0 fully saturated rings. The summed E-state index contributed by atoms with van der Waals surface area (Å²) in [5.41, 5.74) is 0.974. The summed E-state index contributed by atoms with van der Waals surface area (Å²) in [7, 11) is 1.84. The lowest BCUT2D eigenvalue weighted by Gasteiger charge is -1.95. The van der Waals surface area contributed by atoms with Crippen LogP contribution >= 0.6 is 0 Å². The third kappa shape index (κ3) is 1.75. The van der Waals surface area contributed by atoms with Crippen LogP contribution in [0.2, 0.25) is 0 Å². The Kier molecular flexibility index (Phi) is 2.61. The molecule has 1 aromatic heterocycles. The number of rotatable bonds is 1. The van der Waals surface area contributed by atoms with Gasteiger partial charge in [0, 0.05) is 12.4 Å². The molecule has 2 rings (SSSR count). The zero-order chi connectivity index (χ0) is 11.5. The number of aryl methyl sites for hydroxylation is 1. The summed E-state index contributed by atoms with van der Waals surface area (Å²) >= 11 is 0. The van der Waals surface area contributed by atoms with Gasteiger partial charge in [-0.1, -0.05) is 18.1 Å². The molecule has 0 spiro atoms. The zero-order valence-corrected chi connectivity index (χ0v) is 9.11. The van der Waals surface area contributed by atoms with Crippen molar-refractivity contribution in [3.63, 3.8) is 0 Å². The third-order valence-electron chi connectivity index (χ3n) is 2.23. The number of para-hydroxylation sites is 1. The molecule has 4 nitrogen and oxygen atoms in total. The van der Waals surface area contributed by atoms with Crippen LogP contribution in [-0.4, -0.2) is 15.7 Å². The number of carbonyl (C=O) groups is 1. The van der Waals surface area contributed by atoms with Gasteiger partial charge in [-0.15, -0.1) is 0 Å². The van der Waals surface area contributed by atoms with Crippen LogP contribution in [0.5, 0.6) is 0 Å². The minimum Gasteiger partial charge on any atom is -0.298 e. The molecule has 0 aliphatic carbocycles. The summed E-state index contributed by atoms with van der Waals surface area (Å²) < 4.78 is 1.73. The van der Waals surface area contributed by atoms with Crippen LogP contribution in [-0.2, 0) is 11.8 Å². The van der Waals surface area contributed by atoms with Crippen molar-refractivity contribution >= 4 is 22.6 Å². The van der Waals surface area contributed by atoms with Crippen LogP contribution in [0, 0.1) is 11.8 Å². The fraction of sp³-hybridized carbons (Fsp3) is 0.167. The predicted molar refractivity (Wildman–Crippen MR) is 62.8 cm³/mol. The van der Waals surface area contributed by atoms with Gasteiger partial charge in [-0.3, -0.25) is 14.8 Å². The fourth-order valence-corrected chi connectivity index (χ4v) is 1.56. The molecule has 0 bridgehead atoms. The van der Waals surface area contributed by atoms with Gasteiger partial charge in [-0.2, -0.15) is 5.10 Å². The summed E-state index contributed by atoms with van der Waals surface area (Å²) in [5, 5.41) is 7.80. The van der Waals surface area contributed by atoms with Crippen LogP contribution in [0.3, 0.4) is 0 Å². The van der Waals surface area contributed by atoms with E-state index >= 15 is 0 Å². The van der Waals surface area contributed by atoms with E-state index < -0.39 is 0 Å². The molecule has 4 heteroatoms. The molecule has 0 aliphatic heterocycles. The molecule has 0 radical (unpaired) electrons. The van der Waals surface area contributed by atoms with Gasteiger partial charge in [0.05, 0.1) is 5.52 Å². The van der Waals surface area contributed by atoms with Gasteiger partial charge in [0.1, 0.15) is 0 Å². The van der Waals surface area contributed by atoms with E-state index in [1.54, 1.807) is 11.6 Å². The highest BCUT2D eigenvalue weighted by atomic mass is 16.1. The van der Waals surface area contributed by atoms with E-state index in [1.807, 2.05) is 31.3 Å². The second-order valence-electron chi connectivity index (χ2n) is 3.32. The lowest BCUT2D eigenvalue weighted by atomic mass is 10.2. The van der Waals surface area contributed by atoms with E-state index in [0.717, 1.165) is 10.9 Å². The summed E-state index contributed by atoms with van der Waals surface area (Å²) in [6.45, 7) is 1.62. The van der Waals surface area contributed by atoms with Crippen molar-refractivity contribution in [1.29, 1.82) is 0 Å². The molecular weight excluding hydrogens is 202 g/mol. The van der Waals surface area contributed by atoms with Crippen LogP contribution in [0.25, 0.3) is 10.9 Å². The van der Waals surface area contributed by atoms with Crippen LogP contribution < -0.4 is 5.32 Å². The van der Waals surface area contributed by atoms with E-state index in [1.165, 1.54) is 0 Å². The number of anilines is 1. The van der Waals surface area contributed by atoms with Gasteiger partial charge in [0.15, 0.2) is 5.82 Å². The molecule has 1 heterocycles. The number of carbonyl (C=O) groups excluding carboxylic acids is 1. The molecular formula is C12H11N3O. The first kappa shape index (κ1) is 10.2. The monoisotopic (exact) mass is 213 g/mol. The van der Waals surface area contributed by atoms with Crippen LogP contribution in [0.1, 0.15) is 6.92 Å². The fourth-order valence-electron chi connectivity index (χ4n) is 1.56. The average molecular weight is 213 g/mol. The number of aromatic nitrogens is 2. The van der Waals surface area contributed by atoms with Crippen molar-refractivity contribution in [2.45, 2.75) is 6.92 Å². The Bertz CT molecular complexity index is 601. The maximum absolute atomic E-state index is 11.3. The van der Waals surface area contributed by atoms with Gasteiger partial charge in [0.25, 0.3) is 0 Å². The number of hydrogen-bond acceptors (Lipinski definition) is 2. The summed E-state index contributed by atoms with van der Waals surface area (Å²) in [5.74, 6) is 5.17. The summed E-state index contributed by atoms with van der Waals surface area (Å²) in [6.07, 6.45) is 0. The molecule has 0 saturated carbocycles.